The standard InChI is InChI=1S/C22H28N2O4/c1-13-6-8-16(9-7-13)28-21(26)17-14(2)23-19-18(17)15(10-11-22(3,4)27)12-24(5)20(19)25/h12-13,16,23,27H,6-9H2,1-5H3. The van der Waals surface area contributed by atoms with E-state index in [1.807, 2.05) is 0 Å². The molecule has 0 unspecified atom stereocenters. The van der Waals surface area contributed by atoms with Gasteiger partial charge >= 0.3 is 5.97 Å². The van der Waals surface area contributed by atoms with E-state index in [2.05, 4.69) is 23.7 Å². The van der Waals surface area contributed by atoms with Gasteiger partial charge in [-0.2, -0.15) is 0 Å². The van der Waals surface area contributed by atoms with Crippen molar-refractivity contribution < 1.29 is 14.6 Å². The molecule has 6 nitrogen and oxygen atoms in total. The fourth-order valence-electron chi connectivity index (χ4n) is 3.68. The first kappa shape index (κ1) is 20.2. The molecule has 0 bridgehead atoms. The fraction of sp³-hybridized carbons (Fsp3) is 0.545. The van der Waals surface area contributed by atoms with Crippen molar-refractivity contribution in [2.24, 2.45) is 13.0 Å². The normalized spacial score (nSPS) is 19.9. The summed E-state index contributed by atoms with van der Waals surface area (Å²) in [5.74, 6) is 5.92. The summed E-state index contributed by atoms with van der Waals surface area (Å²) in [6.45, 7) is 7.14. The van der Waals surface area contributed by atoms with Crippen LogP contribution in [0.25, 0.3) is 10.9 Å². The number of nitrogens with zero attached hydrogens (tertiary/aromatic N) is 1. The van der Waals surface area contributed by atoms with Crippen LogP contribution < -0.4 is 5.56 Å². The van der Waals surface area contributed by atoms with E-state index < -0.39 is 11.6 Å². The highest BCUT2D eigenvalue weighted by Crippen LogP contribution is 2.29. The number of hydrogen-bond donors (Lipinski definition) is 2. The average molecular weight is 384 g/mol. The van der Waals surface area contributed by atoms with Crippen LogP contribution in [0, 0.1) is 24.7 Å². The highest BCUT2D eigenvalue weighted by Gasteiger charge is 2.27. The van der Waals surface area contributed by atoms with E-state index in [1.165, 1.54) is 4.57 Å². The summed E-state index contributed by atoms with van der Waals surface area (Å²) in [5, 5.41) is 10.4. The second-order valence-electron chi connectivity index (χ2n) is 8.43. The lowest BCUT2D eigenvalue weighted by Crippen LogP contribution is -2.24. The number of carbonyl (C=O) groups excluding carboxylic acids is 1. The first-order valence-electron chi connectivity index (χ1n) is 9.75. The lowest BCUT2D eigenvalue weighted by Gasteiger charge is -2.26. The number of aryl methyl sites for hydroxylation is 2. The minimum absolute atomic E-state index is 0.0921. The quantitative estimate of drug-likeness (QED) is 0.616. The highest BCUT2D eigenvalue weighted by molar-refractivity contribution is 6.07. The van der Waals surface area contributed by atoms with Gasteiger partial charge in [0.25, 0.3) is 5.56 Å². The van der Waals surface area contributed by atoms with Gasteiger partial charge in [0.2, 0.25) is 0 Å². The molecule has 1 aliphatic rings. The summed E-state index contributed by atoms with van der Waals surface area (Å²) in [5.41, 5.74) is 0.341. The molecule has 1 saturated carbocycles. The monoisotopic (exact) mass is 384 g/mol. The van der Waals surface area contributed by atoms with Crippen molar-refractivity contribution in [1.82, 2.24) is 9.55 Å². The second-order valence-corrected chi connectivity index (χ2v) is 8.43. The predicted octanol–water partition coefficient (Wildman–Crippen LogP) is 3.03. The Balaban J connectivity index is 2.08. The van der Waals surface area contributed by atoms with Crippen molar-refractivity contribution in [3.05, 3.63) is 33.4 Å². The molecule has 1 fully saturated rings. The zero-order chi connectivity index (χ0) is 20.6. The van der Waals surface area contributed by atoms with Crippen LogP contribution in [0.15, 0.2) is 11.0 Å². The molecule has 2 N–H and O–H groups in total. The zero-order valence-corrected chi connectivity index (χ0v) is 17.2. The Labute approximate surface area is 164 Å². The van der Waals surface area contributed by atoms with Gasteiger partial charge in [-0.1, -0.05) is 18.8 Å². The topological polar surface area (TPSA) is 84.3 Å². The van der Waals surface area contributed by atoms with Gasteiger partial charge in [-0.05, 0) is 52.4 Å². The Kier molecular flexibility index (Phi) is 5.40. The molecule has 0 atom stereocenters. The Bertz CT molecular complexity index is 1020. The maximum Gasteiger partial charge on any atom is 0.340 e. The number of esters is 1. The van der Waals surface area contributed by atoms with E-state index in [4.69, 9.17) is 4.74 Å². The molecule has 0 aliphatic heterocycles. The van der Waals surface area contributed by atoms with E-state index in [0.717, 1.165) is 25.7 Å². The number of rotatable bonds is 2. The van der Waals surface area contributed by atoms with Crippen molar-refractivity contribution in [3.8, 4) is 11.8 Å². The zero-order valence-electron chi connectivity index (χ0n) is 17.2. The molecule has 0 saturated heterocycles. The van der Waals surface area contributed by atoms with Crippen molar-refractivity contribution in [2.75, 3.05) is 0 Å². The van der Waals surface area contributed by atoms with Crippen LogP contribution in [-0.4, -0.2) is 32.3 Å². The predicted molar refractivity (Wildman–Crippen MR) is 108 cm³/mol. The molecule has 2 heterocycles. The fourth-order valence-corrected chi connectivity index (χ4v) is 3.68. The summed E-state index contributed by atoms with van der Waals surface area (Å²) in [7, 11) is 1.63. The van der Waals surface area contributed by atoms with E-state index in [0.29, 0.717) is 33.6 Å². The second kappa shape index (κ2) is 7.48. The molecule has 0 radical (unpaired) electrons. The third kappa shape index (κ3) is 4.15. The molecule has 1 aliphatic carbocycles. The van der Waals surface area contributed by atoms with E-state index in [-0.39, 0.29) is 11.7 Å². The highest BCUT2D eigenvalue weighted by atomic mass is 16.5. The molecule has 6 heteroatoms. The minimum atomic E-state index is -1.19. The number of aliphatic hydroxyl groups is 1. The van der Waals surface area contributed by atoms with Crippen molar-refractivity contribution in [3.63, 3.8) is 0 Å². The van der Waals surface area contributed by atoms with Crippen LogP contribution in [0.3, 0.4) is 0 Å². The number of hydrogen-bond acceptors (Lipinski definition) is 4. The number of aromatic amines is 1. The van der Waals surface area contributed by atoms with Crippen molar-refractivity contribution >= 4 is 16.9 Å². The number of carbonyl (C=O) groups is 1. The van der Waals surface area contributed by atoms with Gasteiger partial charge in [-0.15, -0.1) is 0 Å². The van der Waals surface area contributed by atoms with Crippen molar-refractivity contribution in [2.45, 2.75) is 65.1 Å². The Morgan fingerprint density at radius 3 is 2.57 bits per heavy atom. The first-order valence-corrected chi connectivity index (χ1v) is 9.75. The molecule has 0 aromatic carbocycles. The van der Waals surface area contributed by atoms with Gasteiger partial charge in [-0.3, -0.25) is 4.79 Å². The van der Waals surface area contributed by atoms with Gasteiger partial charge in [0.05, 0.1) is 11.1 Å². The SMILES string of the molecule is Cc1[nH]c2c(=O)n(C)cc(C#CC(C)(C)O)c2c1C(=O)OC1CCC(C)CC1. The average Bonchev–Trinajstić information content (AvgIpc) is 2.96. The third-order valence-corrected chi connectivity index (χ3v) is 5.26. The molecule has 2 aromatic heterocycles. The lowest BCUT2D eigenvalue weighted by atomic mass is 9.89. The maximum absolute atomic E-state index is 13.0. The summed E-state index contributed by atoms with van der Waals surface area (Å²) < 4.78 is 7.20. The van der Waals surface area contributed by atoms with Crippen LogP contribution in [0.2, 0.25) is 0 Å². The largest absolute Gasteiger partial charge is 0.459 e. The molecule has 0 spiro atoms. The summed E-state index contributed by atoms with van der Waals surface area (Å²) in [6.07, 6.45) is 5.32. The lowest BCUT2D eigenvalue weighted by molar-refractivity contribution is 0.0175. The van der Waals surface area contributed by atoms with Gasteiger partial charge in [0.15, 0.2) is 0 Å². The number of fused-ring (bicyclic) bond motifs is 1. The molecule has 0 amide bonds. The Hall–Kier alpha value is -2.52. The number of pyridine rings is 1. The van der Waals surface area contributed by atoms with Crippen LogP contribution in [-0.2, 0) is 11.8 Å². The summed E-state index contributed by atoms with van der Waals surface area (Å²) in [6, 6.07) is 0. The van der Waals surface area contributed by atoms with E-state index >= 15 is 0 Å². The number of H-pyrrole nitrogens is 1. The number of nitrogens with one attached hydrogen (secondary N) is 1. The third-order valence-electron chi connectivity index (χ3n) is 5.26. The van der Waals surface area contributed by atoms with Gasteiger partial charge in [0.1, 0.15) is 17.2 Å². The molecule has 3 rings (SSSR count). The van der Waals surface area contributed by atoms with Crippen LogP contribution in [0.4, 0.5) is 0 Å². The number of aromatic nitrogens is 2. The molecule has 28 heavy (non-hydrogen) atoms. The smallest absolute Gasteiger partial charge is 0.340 e. The first-order chi connectivity index (χ1) is 13.1. The number of ether oxygens (including phenoxy) is 1. The maximum atomic E-state index is 13.0. The van der Waals surface area contributed by atoms with Gasteiger partial charge in [0, 0.05) is 24.3 Å². The van der Waals surface area contributed by atoms with Crippen LogP contribution in [0.1, 0.15) is 68.1 Å². The molecular weight excluding hydrogens is 356 g/mol. The van der Waals surface area contributed by atoms with Crippen molar-refractivity contribution in [1.29, 1.82) is 0 Å². The van der Waals surface area contributed by atoms with Crippen LogP contribution >= 0.6 is 0 Å². The molecular formula is C22H28N2O4. The summed E-state index contributed by atoms with van der Waals surface area (Å²) in [4.78, 5) is 28.6. The van der Waals surface area contributed by atoms with Gasteiger partial charge in [-0.25, -0.2) is 4.79 Å². The molecule has 2 aromatic rings. The Morgan fingerprint density at radius 2 is 1.96 bits per heavy atom. The van der Waals surface area contributed by atoms with E-state index in [1.54, 1.807) is 34.0 Å². The van der Waals surface area contributed by atoms with Crippen LogP contribution in [0.5, 0.6) is 0 Å². The van der Waals surface area contributed by atoms with Gasteiger partial charge < -0.3 is 19.4 Å². The minimum Gasteiger partial charge on any atom is -0.459 e. The summed E-state index contributed by atoms with van der Waals surface area (Å²) >= 11 is 0. The van der Waals surface area contributed by atoms with E-state index in [9.17, 15) is 14.7 Å². The molecule has 150 valence electrons. The Morgan fingerprint density at radius 1 is 1.32 bits per heavy atom.